The van der Waals surface area contributed by atoms with Crippen LogP contribution < -0.4 is 15.5 Å². The van der Waals surface area contributed by atoms with Gasteiger partial charge in [-0.2, -0.15) is 0 Å². The van der Waals surface area contributed by atoms with Gasteiger partial charge in [-0.25, -0.2) is 0 Å². The monoisotopic (exact) mass is 574 g/mol. The maximum absolute atomic E-state index is 13.9. The number of nitrogens with one attached hydrogen (secondary N) is 2. The van der Waals surface area contributed by atoms with Gasteiger partial charge < -0.3 is 25.2 Å². The number of aromatic nitrogens is 1. The van der Waals surface area contributed by atoms with Gasteiger partial charge in [0.25, 0.3) is 5.91 Å². The number of carbonyl (C=O) groups is 2. The molecule has 4 rings (SSSR count). The molecular formula is C35H50N4O3. The Bertz CT molecular complexity index is 1360. The van der Waals surface area contributed by atoms with E-state index in [-0.39, 0.29) is 17.4 Å². The fraction of sp³-hybridized carbons (Fsp3) is 0.543. The minimum absolute atomic E-state index is 0.0903. The van der Waals surface area contributed by atoms with Gasteiger partial charge in [-0.05, 0) is 68.7 Å². The minimum atomic E-state index is -0.787. The van der Waals surface area contributed by atoms with Gasteiger partial charge >= 0.3 is 0 Å². The van der Waals surface area contributed by atoms with Crippen molar-refractivity contribution in [2.24, 2.45) is 13.0 Å². The van der Waals surface area contributed by atoms with Crippen molar-refractivity contribution in [1.29, 1.82) is 0 Å². The lowest BCUT2D eigenvalue weighted by molar-refractivity contribution is -0.117. The molecule has 7 heteroatoms. The Morgan fingerprint density at radius 2 is 1.88 bits per heavy atom. The molecule has 7 nitrogen and oxygen atoms in total. The lowest BCUT2D eigenvalue weighted by Gasteiger charge is -2.31. The average Bonchev–Trinajstić information content (AvgIpc) is 3.53. The number of aliphatic hydroxyl groups excluding tert-OH is 1. The van der Waals surface area contributed by atoms with Crippen LogP contribution in [0.25, 0.3) is 10.9 Å². The third-order valence-electron chi connectivity index (χ3n) is 8.60. The Kier molecular flexibility index (Phi) is 10.5. The van der Waals surface area contributed by atoms with Crippen LogP contribution in [0.4, 0.5) is 5.69 Å². The number of aryl methyl sites for hydroxylation is 2. The number of nitrogens with zero attached hydrogens (tertiary/aromatic N) is 2. The van der Waals surface area contributed by atoms with Crippen LogP contribution in [-0.4, -0.2) is 52.3 Å². The molecule has 2 amide bonds. The second kappa shape index (κ2) is 13.9. The molecule has 1 aliphatic heterocycles. The molecule has 0 bridgehead atoms. The summed E-state index contributed by atoms with van der Waals surface area (Å²) in [4.78, 5) is 28.5. The number of aliphatic hydroxyl groups is 1. The predicted octanol–water partition coefficient (Wildman–Crippen LogP) is 5.76. The molecule has 1 aromatic heterocycles. The van der Waals surface area contributed by atoms with E-state index in [1.807, 2.05) is 54.4 Å². The molecule has 42 heavy (non-hydrogen) atoms. The largest absolute Gasteiger partial charge is 0.390 e. The van der Waals surface area contributed by atoms with Crippen molar-refractivity contribution in [2.45, 2.75) is 97.2 Å². The Labute approximate surface area is 251 Å². The molecule has 2 atom stereocenters. The quantitative estimate of drug-likeness (QED) is 0.228. The van der Waals surface area contributed by atoms with E-state index >= 15 is 0 Å². The number of amides is 2. The highest BCUT2D eigenvalue weighted by molar-refractivity contribution is 6.08. The zero-order valence-electron chi connectivity index (χ0n) is 26.4. The summed E-state index contributed by atoms with van der Waals surface area (Å²) < 4.78 is 2.06. The normalized spacial score (nSPS) is 15.5. The summed E-state index contributed by atoms with van der Waals surface area (Å²) in [7, 11) is 1.99. The number of hydrogen-bond donors (Lipinski definition) is 3. The van der Waals surface area contributed by atoms with Gasteiger partial charge in [-0.3, -0.25) is 9.59 Å². The van der Waals surface area contributed by atoms with Crippen molar-refractivity contribution >= 4 is 28.4 Å². The first kappa shape index (κ1) is 31.8. The number of anilines is 1. The summed E-state index contributed by atoms with van der Waals surface area (Å²) in [6, 6.07) is 13.3. The van der Waals surface area contributed by atoms with Crippen LogP contribution in [0.5, 0.6) is 0 Å². The Balaban J connectivity index is 1.59. The number of hydrogen-bond acceptors (Lipinski definition) is 4. The van der Waals surface area contributed by atoms with Crippen LogP contribution in [-0.2, 0) is 24.7 Å². The van der Waals surface area contributed by atoms with Crippen LogP contribution in [0.15, 0.2) is 48.7 Å². The molecule has 1 saturated heterocycles. The van der Waals surface area contributed by atoms with Crippen molar-refractivity contribution in [3.63, 3.8) is 0 Å². The van der Waals surface area contributed by atoms with Crippen LogP contribution in [0.3, 0.4) is 0 Å². The number of fused-ring (bicyclic) bond motifs is 1. The van der Waals surface area contributed by atoms with Crippen LogP contribution in [0, 0.1) is 5.92 Å². The van der Waals surface area contributed by atoms with E-state index in [0.29, 0.717) is 37.4 Å². The lowest BCUT2D eigenvalue weighted by Crippen LogP contribution is -2.52. The van der Waals surface area contributed by atoms with E-state index < -0.39 is 12.1 Å². The second-order valence-corrected chi connectivity index (χ2v) is 13.0. The van der Waals surface area contributed by atoms with Crippen molar-refractivity contribution in [3.8, 4) is 0 Å². The summed E-state index contributed by atoms with van der Waals surface area (Å²) in [5, 5.41) is 19.2. The summed E-state index contributed by atoms with van der Waals surface area (Å²) >= 11 is 0. The van der Waals surface area contributed by atoms with Crippen molar-refractivity contribution in [1.82, 2.24) is 15.2 Å². The standard InChI is InChI=1S/C35H50N4O3/c1-7-26-23-38(6)33-28(26)20-27(21-30(33)39-18-12-16-32(39)41)34(42)37-29(19-25-14-9-8-10-15-25)31(40)22-36-35(4,5)17-11-13-24(2)3/h8-10,14-15,20-21,23-24,29,31,36,40H,7,11-13,16-19,22H2,1-6H3,(H,37,42)/t29-,31-/m0/s1. The van der Waals surface area contributed by atoms with E-state index in [4.69, 9.17) is 0 Å². The highest BCUT2D eigenvalue weighted by Crippen LogP contribution is 2.34. The second-order valence-electron chi connectivity index (χ2n) is 13.0. The van der Waals surface area contributed by atoms with Crippen molar-refractivity contribution in [2.75, 3.05) is 18.0 Å². The first-order chi connectivity index (χ1) is 20.0. The highest BCUT2D eigenvalue weighted by atomic mass is 16.3. The highest BCUT2D eigenvalue weighted by Gasteiger charge is 2.29. The van der Waals surface area contributed by atoms with Crippen molar-refractivity contribution < 1.29 is 14.7 Å². The first-order valence-electron chi connectivity index (χ1n) is 15.7. The third kappa shape index (κ3) is 7.81. The van der Waals surface area contributed by atoms with E-state index in [2.05, 4.69) is 56.0 Å². The molecule has 0 aliphatic carbocycles. The molecule has 1 aliphatic rings. The number of carbonyl (C=O) groups excluding carboxylic acids is 2. The average molecular weight is 575 g/mol. The zero-order chi connectivity index (χ0) is 30.4. The molecule has 228 valence electrons. The zero-order valence-corrected chi connectivity index (χ0v) is 26.4. The maximum atomic E-state index is 13.9. The molecular weight excluding hydrogens is 524 g/mol. The Morgan fingerprint density at radius 1 is 1.14 bits per heavy atom. The van der Waals surface area contributed by atoms with Crippen LogP contribution >= 0.6 is 0 Å². The summed E-state index contributed by atoms with van der Waals surface area (Å²) in [6.07, 6.45) is 7.29. The summed E-state index contributed by atoms with van der Waals surface area (Å²) in [5.74, 6) is 0.518. The van der Waals surface area contributed by atoms with E-state index in [1.54, 1.807) is 0 Å². The Morgan fingerprint density at radius 3 is 2.52 bits per heavy atom. The van der Waals surface area contributed by atoms with Gasteiger partial charge in [0.1, 0.15) is 0 Å². The van der Waals surface area contributed by atoms with E-state index in [9.17, 15) is 14.7 Å². The number of benzene rings is 2. The third-order valence-corrected chi connectivity index (χ3v) is 8.60. The van der Waals surface area contributed by atoms with Crippen molar-refractivity contribution in [3.05, 3.63) is 65.4 Å². The van der Waals surface area contributed by atoms with Gasteiger partial charge in [-0.1, -0.05) is 63.9 Å². The maximum Gasteiger partial charge on any atom is 0.251 e. The van der Waals surface area contributed by atoms with E-state index in [0.717, 1.165) is 53.4 Å². The summed E-state index contributed by atoms with van der Waals surface area (Å²) in [6.45, 7) is 12.0. The molecule has 0 radical (unpaired) electrons. The Hall–Kier alpha value is -3.16. The van der Waals surface area contributed by atoms with Crippen LogP contribution in [0.2, 0.25) is 0 Å². The summed E-state index contributed by atoms with van der Waals surface area (Å²) in [5.41, 5.74) is 4.33. The van der Waals surface area contributed by atoms with Gasteiger partial charge in [-0.15, -0.1) is 0 Å². The topological polar surface area (TPSA) is 86.6 Å². The van der Waals surface area contributed by atoms with Gasteiger partial charge in [0.15, 0.2) is 0 Å². The predicted molar refractivity (Wildman–Crippen MR) is 172 cm³/mol. The molecule has 3 aromatic rings. The fourth-order valence-electron chi connectivity index (χ4n) is 6.09. The molecule has 0 unspecified atom stereocenters. The molecule has 0 spiro atoms. The number of β-amino-alcohol motifs (C(OH)–C–C–N with tert-alkyl or cyclic N) is 1. The van der Waals surface area contributed by atoms with Gasteiger partial charge in [0.05, 0.1) is 23.3 Å². The molecule has 1 fully saturated rings. The molecule has 3 N–H and O–H groups in total. The van der Waals surface area contributed by atoms with Gasteiger partial charge in [0, 0.05) is 49.2 Å². The molecule has 0 saturated carbocycles. The molecule has 2 heterocycles. The van der Waals surface area contributed by atoms with Gasteiger partial charge in [0.2, 0.25) is 5.91 Å². The van der Waals surface area contributed by atoms with Crippen LogP contribution in [0.1, 0.15) is 88.2 Å². The lowest BCUT2D eigenvalue weighted by atomic mass is 9.93. The van der Waals surface area contributed by atoms with E-state index in [1.165, 1.54) is 6.42 Å². The number of rotatable bonds is 14. The SMILES string of the molecule is CCc1cn(C)c2c(N3CCCC3=O)cc(C(=O)N[C@@H](Cc3ccccc3)[C@@H](O)CNC(C)(C)CCCC(C)C)cc12. The molecule has 2 aromatic carbocycles. The fourth-order valence-corrected chi connectivity index (χ4v) is 6.09. The first-order valence-corrected chi connectivity index (χ1v) is 15.7. The smallest absolute Gasteiger partial charge is 0.251 e. The minimum Gasteiger partial charge on any atom is -0.390 e.